The van der Waals surface area contributed by atoms with Gasteiger partial charge in [0.25, 0.3) is 0 Å². The first-order valence-electron chi connectivity index (χ1n) is 6.10. The molecular formula is C12H25NO4. The van der Waals surface area contributed by atoms with E-state index < -0.39 is 0 Å². The van der Waals surface area contributed by atoms with Crippen LogP contribution in [0.5, 0.6) is 0 Å². The lowest BCUT2D eigenvalue weighted by atomic mass is 10.0. The van der Waals surface area contributed by atoms with Crippen LogP contribution in [0.25, 0.3) is 0 Å². The molecule has 5 nitrogen and oxygen atoms in total. The molecule has 5 heteroatoms. The van der Waals surface area contributed by atoms with Crippen LogP contribution in [0.15, 0.2) is 0 Å². The molecule has 0 heterocycles. The molecule has 1 atom stereocenters. The maximum Gasteiger partial charge on any atom is 0.222 e. The fraction of sp³-hybridized carbons (Fsp3) is 0.917. The lowest BCUT2D eigenvalue weighted by Crippen LogP contribution is -2.25. The Balaban J connectivity index is 3.35. The smallest absolute Gasteiger partial charge is 0.222 e. The molecule has 0 radical (unpaired) electrons. The minimum absolute atomic E-state index is 0.0300. The number of nitrogens with one attached hydrogen (secondary N) is 1. The molecule has 0 aromatic carbocycles. The van der Waals surface area contributed by atoms with Crippen molar-refractivity contribution in [2.24, 2.45) is 5.92 Å². The molecule has 0 bridgehead atoms. The number of aliphatic hydroxyl groups is 1. The molecule has 17 heavy (non-hydrogen) atoms. The molecule has 0 fully saturated rings. The third kappa shape index (κ3) is 10.2. The Kier molecular flexibility index (Phi) is 11.4. The van der Waals surface area contributed by atoms with Gasteiger partial charge in [-0.05, 0) is 12.8 Å². The van der Waals surface area contributed by atoms with Crippen LogP contribution in [0.2, 0.25) is 0 Å². The van der Waals surface area contributed by atoms with Gasteiger partial charge in [0, 0.05) is 39.7 Å². The number of aliphatic hydroxyl groups excluding tert-OH is 1. The number of rotatable bonds is 11. The Hall–Kier alpha value is -0.650. The quantitative estimate of drug-likeness (QED) is 0.524. The summed E-state index contributed by atoms with van der Waals surface area (Å²) in [6.45, 7) is 1.91. The highest BCUT2D eigenvalue weighted by Gasteiger charge is 2.06. The molecule has 0 aliphatic heterocycles. The molecule has 1 amide bonds. The molecule has 0 saturated carbocycles. The summed E-state index contributed by atoms with van der Waals surface area (Å²) in [6, 6.07) is 0. The van der Waals surface area contributed by atoms with Crippen LogP contribution in [0.3, 0.4) is 0 Å². The van der Waals surface area contributed by atoms with E-state index in [2.05, 4.69) is 5.32 Å². The Labute approximate surface area is 103 Å². The highest BCUT2D eigenvalue weighted by Crippen LogP contribution is 2.07. The van der Waals surface area contributed by atoms with Gasteiger partial charge in [-0.2, -0.15) is 0 Å². The zero-order chi connectivity index (χ0) is 12.9. The average Bonchev–Trinajstić information content (AvgIpc) is 2.34. The molecule has 0 aliphatic rings. The second-order valence-electron chi connectivity index (χ2n) is 4.09. The van der Waals surface area contributed by atoms with E-state index in [1.165, 1.54) is 0 Å². The summed E-state index contributed by atoms with van der Waals surface area (Å²) in [7, 11) is 3.22. The van der Waals surface area contributed by atoms with E-state index in [-0.39, 0.29) is 18.4 Å². The van der Waals surface area contributed by atoms with Gasteiger partial charge in [0.15, 0.2) is 0 Å². The third-order valence-corrected chi connectivity index (χ3v) is 2.56. The van der Waals surface area contributed by atoms with Crippen LogP contribution in [0.4, 0.5) is 0 Å². The lowest BCUT2D eigenvalue weighted by Gasteiger charge is -2.12. The van der Waals surface area contributed by atoms with Crippen molar-refractivity contribution in [3.8, 4) is 0 Å². The largest absolute Gasteiger partial charge is 0.396 e. The summed E-state index contributed by atoms with van der Waals surface area (Å²) < 4.78 is 9.80. The lowest BCUT2D eigenvalue weighted by molar-refractivity contribution is -0.121. The topological polar surface area (TPSA) is 67.8 Å². The first-order valence-corrected chi connectivity index (χ1v) is 6.10. The predicted octanol–water partition coefficient (Wildman–Crippen LogP) is 0.564. The maximum absolute atomic E-state index is 11.2. The first kappa shape index (κ1) is 16.4. The highest BCUT2D eigenvalue weighted by atomic mass is 16.5. The molecule has 0 aromatic rings. The standard InChI is InChI=1S/C12H25NO4/c1-16-8-6-12(15)13-7-4-3-5-11(9-14)10-17-2/h11,14H,3-10H2,1-2H3,(H,13,15). The summed E-state index contributed by atoms with van der Waals surface area (Å²) >= 11 is 0. The Morgan fingerprint density at radius 3 is 2.65 bits per heavy atom. The highest BCUT2D eigenvalue weighted by molar-refractivity contribution is 5.75. The van der Waals surface area contributed by atoms with Crippen molar-refractivity contribution in [3.05, 3.63) is 0 Å². The van der Waals surface area contributed by atoms with Gasteiger partial charge in [0.05, 0.1) is 13.2 Å². The SMILES string of the molecule is COCCC(=O)NCCCCC(CO)COC. The minimum atomic E-state index is 0.0300. The van der Waals surface area contributed by atoms with Crippen molar-refractivity contribution in [3.63, 3.8) is 0 Å². The molecule has 0 aliphatic carbocycles. The zero-order valence-electron chi connectivity index (χ0n) is 10.9. The zero-order valence-corrected chi connectivity index (χ0v) is 10.9. The molecule has 2 N–H and O–H groups in total. The average molecular weight is 247 g/mol. The van der Waals surface area contributed by atoms with E-state index in [0.29, 0.717) is 26.2 Å². The molecule has 0 aromatic heterocycles. The summed E-state index contributed by atoms with van der Waals surface area (Å²) in [5.41, 5.74) is 0. The van der Waals surface area contributed by atoms with Gasteiger partial charge in [0.2, 0.25) is 5.91 Å². The number of methoxy groups -OCH3 is 2. The monoisotopic (exact) mass is 247 g/mol. The van der Waals surface area contributed by atoms with Crippen LogP contribution < -0.4 is 5.32 Å². The molecule has 0 rings (SSSR count). The maximum atomic E-state index is 11.2. The van der Waals surface area contributed by atoms with E-state index in [1.54, 1.807) is 14.2 Å². The van der Waals surface area contributed by atoms with Gasteiger partial charge < -0.3 is 19.9 Å². The normalized spacial score (nSPS) is 12.4. The summed E-state index contributed by atoms with van der Waals surface area (Å²) in [6.07, 6.45) is 3.26. The van der Waals surface area contributed by atoms with Crippen LogP contribution in [0.1, 0.15) is 25.7 Å². The molecule has 0 saturated heterocycles. The van der Waals surface area contributed by atoms with E-state index in [9.17, 15) is 4.79 Å². The van der Waals surface area contributed by atoms with Crippen molar-refractivity contribution in [2.45, 2.75) is 25.7 Å². The van der Waals surface area contributed by atoms with Crippen molar-refractivity contribution < 1.29 is 19.4 Å². The number of unbranched alkanes of at least 4 members (excludes halogenated alkanes) is 1. The fourth-order valence-electron chi connectivity index (χ4n) is 1.53. The molecule has 102 valence electrons. The second kappa shape index (κ2) is 11.8. The van der Waals surface area contributed by atoms with Crippen LogP contribution in [0, 0.1) is 5.92 Å². The molecule has 1 unspecified atom stereocenters. The van der Waals surface area contributed by atoms with E-state index in [1.807, 2.05) is 0 Å². The van der Waals surface area contributed by atoms with Gasteiger partial charge in [-0.3, -0.25) is 4.79 Å². The summed E-state index contributed by atoms with van der Waals surface area (Å²) in [5.74, 6) is 0.242. The number of carbonyl (C=O) groups is 1. The fourth-order valence-corrected chi connectivity index (χ4v) is 1.53. The van der Waals surface area contributed by atoms with Crippen molar-refractivity contribution in [1.82, 2.24) is 5.32 Å². The number of amides is 1. The Bertz CT molecular complexity index is 187. The minimum Gasteiger partial charge on any atom is -0.396 e. The third-order valence-electron chi connectivity index (χ3n) is 2.56. The molecular weight excluding hydrogens is 222 g/mol. The second-order valence-corrected chi connectivity index (χ2v) is 4.09. The Morgan fingerprint density at radius 2 is 2.06 bits per heavy atom. The summed E-state index contributed by atoms with van der Waals surface area (Å²) in [5, 5.41) is 11.9. The van der Waals surface area contributed by atoms with Gasteiger partial charge in [0.1, 0.15) is 0 Å². The van der Waals surface area contributed by atoms with E-state index in [4.69, 9.17) is 14.6 Å². The van der Waals surface area contributed by atoms with Gasteiger partial charge in [-0.25, -0.2) is 0 Å². The number of carbonyl (C=O) groups excluding carboxylic acids is 1. The predicted molar refractivity (Wildman–Crippen MR) is 65.8 cm³/mol. The number of hydrogen-bond acceptors (Lipinski definition) is 4. The van der Waals surface area contributed by atoms with Gasteiger partial charge in [-0.1, -0.05) is 6.42 Å². The van der Waals surface area contributed by atoms with Crippen LogP contribution in [-0.4, -0.2) is 51.6 Å². The van der Waals surface area contributed by atoms with Gasteiger partial charge >= 0.3 is 0 Å². The summed E-state index contributed by atoms with van der Waals surface area (Å²) in [4.78, 5) is 11.2. The Morgan fingerprint density at radius 1 is 1.29 bits per heavy atom. The van der Waals surface area contributed by atoms with E-state index in [0.717, 1.165) is 19.3 Å². The first-order chi connectivity index (χ1) is 8.24. The van der Waals surface area contributed by atoms with Crippen LogP contribution in [-0.2, 0) is 14.3 Å². The van der Waals surface area contributed by atoms with E-state index >= 15 is 0 Å². The molecule has 0 spiro atoms. The van der Waals surface area contributed by atoms with Gasteiger partial charge in [-0.15, -0.1) is 0 Å². The number of hydrogen-bond donors (Lipinski definition) is 2. The number of ether oxygens (including phenoxy) is 2. The van der Waals surface area contributed by atoms with Crippen LogP contribution >= 0.6 is 0 Å². The van der Waals surface area contributed by atoms with Crippen molar-refractivity contribution >= 4 is 5.91 Å². The van der Waals surface area contributed by atoms with Crippen molar-refractivity contribution in [1.29, 1.82) is 0 Å². The van der Waals surface area contributed by atoms with Crippen molar-refractivity contribution in [2.75, 3.05) is 40.6 Å².